The summed E-state index contributed by atoms with van der Waals surface area (Å²) in [5.74, 6) is -0.0795. The Morgan fingerprint density at radius 2 is 1.26 bits per heavy atom. The normalized spacial score (nSPS) is 14.1. The summed E-state index contributed by atoms with van der Waals surface area (Å²) < 4.78 is 0. The highest BCUT2D eigenvalue weighted by atomic mass is 16.3. The van der Waals surface area contributed by atoms with Crippen molar-refractivity contribution in [3.05, 3.63) is 48.6 Å². The number of carbonyl (C=O) groups is 1. The van der Waals surface area contributed by atoms with E-state index in [2.05, 4.69) is 67.8 Å². The van der Waals surface area contributed by atoms with Crippen molar-refractivity contribution in [2.75, 3.05) is 6.61 Å². The number of nitrogens with one attached hydrogen (secondary N) is 1. The lowest BCUT2D eigenvalue weighted by molar-refractivity contribution is -0.123. The number of rotatable bonds is 24. The van der Waals surface area contributed by atoms with Crippen LogP contribution in [0.15, 0.2) is 48.6 Å². The first-order valence-corrected chi connectivity index (χ1v) is 14.3. The third-order valence-corrected chi connectivity index (χ3v) is 6.10. The van der Waals surface area contributed by atoms with Gasteiger partial charge in [0.25, 0.3) is 0 Å². The minimum Gasteiger partial charge on any atom is -0.394 e. The lowest BCUT2D eigenvalue weighted by atomic mass is 10.0. The minimum absolute atomic E-state index is 0.0795. The summed E-state index contributed by atoms with van der Waals surface area (Å²) in [4.78, 5) is 12.2. The van der Waals surface area contributed by atoms with Crippen LogP contribution in [0.4, 0.5) is 0 Å². The molecule has 0 radical (unpaired) electrons. The molecule has 2 atom stereocenters. The summed E-state index contributed by atoms with van der Waals surface area (Å²) in [5.41, 5.74) is 0. The number of aliphatic hydroxyl groups excluding tert-OH is 2. The highest BCUT2D eigenvalue weighted by Crippen LogP contribution is 2.12. The molecule has 0 saturated carbocycles. The van der Waals surface area contributed by atoms with Crippen molar-refractivity contribution >= 4 is 5.91 Å². The molecule has 0 aromatic carbocycles. The van der Waals surface area contributed by atoms with Crippen molar-refractivity contribution in [2.45, 2.75) is 135 Å². The number of allylic oxidation sites excluding steroid dienone is 8. The van der Waals surface area contributed by atoms with Crippen molar-refractivity contribution in [3.63, 3.8) is 0 Å². The Balaban J connectivity index is 3.76. The fourth-order valence-corrected chi connectivity index (χ4v) is 3.88. The Labute approximate surface area is 216 Å². The van der Waals surface area contributed by atoms with Crippen LogP contribution < -0.4 is 5.32 Å². The highest BCUT2D eigenvalue weighted by molar-refractivity contribution is 5.76. The molecule has 0 aliphatic carbocycles. The van der Waals surface area contributed by atoms with Crippen LogP contribution in [0.3, 0.4) is 0 Å². The molecule has 0 aliphatic heterocycles. The van der Waals surface area contributed by atoms with Crippen LogP contribution in [0.25, 0.3) is 0 Å². The third kappa shape index (κ3) is 23.8. The Hall–Kier alpha value is -1.65. The number of amides is 1. The summed E-state index contributed by atoms with van der Waals surface area (Å²) >= 11 is 0. The topological polar surface area (TPSA) is 69.6 Å². The van der Waals surface area contributed by atoms with Gasteiger partial charge < -0.3 is 15.5 Å². The van der Waals surface area contributed by atoms with Gasteiger partial charge in [0.05, 0.1) is 18.8 Å². The van der Waals surface area contributed by atoms with E-state index >= 15 is 0 Å². The SMILES string of the molecule is CC/C=C\C/C=C\C/C=C\C/C=C\CCCCC(=O)NC(CO)C(O)CCCCCCCCCC. The highest BCUT2D eigenvalue weighted by Gasteiger charge is 2.19. The maximum absolute atomic E-state index is 12.2. The number of unbranched alkanes of at least 4 members (excludes halogenated alkanes) is 9. The zero-order valence-corrected chi connectivity index (χ0v) is 22.8. The Bertz CT molecular complexity index is 580. The molecule has 0 aromatic rings. The molecule has 0 saturated heterocycles. The summed E-state index contributed by atoms with van der Waals surface area (Å²) in [7, 11) is 0. The summed E-state index contributed by atoms with van der Waals surface area (Å²) in [6.45, 7) is 4.16. The van der Waals surface area contributed by atoms with Gasteiger partial charge in [-0.25, -0.2) is 0 Å². The average molecular weight is 490 g/mol. The number of hydrogen-bond donors (Lipinski definition) is 3. The van der Waals surface area contributed by atoms with E-state index in [0.29, 0.717) is 12.8 Å². The number of hydrogen-bond acceptors (Lipinski definition) is 3. The standard InChI is InChI=1S/C31H55NO3/c1-3-5-7-9-11-13-14-15-16-17-18-19-21-23-25-27-31(35)32-29(28-33)30(34)26-24-22-20-12-10-8-6-4-2/h5,7,11,13,15-16,18-19,29-30,33-34H,3-4,6,8-10,12,14,17,20-28H2,1-2H3,(H,32,35)/b7-5-,13-11-,16-15-,19-18-. The fourth-order valence-electron chi connectivity index (χ4n) is 3.88. The van der Waals surface area contributed by atoms with E-state index in [1.165, 1.54) is 38.5 Å². The molecule has 0 aromatic heterocycles. The van der Waals surface area contributed by atoms with E-state index in [-0.39, 0.29) is 12.5 Å². The van der Waals surface area contributed by atoms with Crippen molar-refractivity contribution in [1.29, 1.82) is 0 Å². The molecular weight excluding hydrogens is 434 g/mol. The van der Waals surface area contributed by atoms with Crippen LogP contribution in [0.5, 0.6) is 0 Å². The van der Waals surface area contributed by atoms with Crippen LogP contribution in [0, 0.1) is 0 Å². The predicted octanol–water partition coefficient (Wildman–Crippen LogP) is 7.72. The molecule has 4 heteroatoms. The van der Waals surface area contributed by atoms with Gasteiger partial charge in [0.15, 0.2) is 0 Å². The largest absolute Gasteiger partial charge is 0.394 e. The van der Waals surface area contributed by atoms with Crippen molar-refractivity contribution in [1.82, 2.24) is 5.32 Å². The van der Waals surface area contributed by atoms with Gasteiger partial charge in [-0.15, -0.1) is 0 Å². The third-order valence-electron chi connectivity index (χ3n) is 6.10. The van der Waals surface area contributed by atoms with E-state index < -0.39 is 12.1 Å². The first kappa shape index (κ1) is 33.4. The Kier molecular flexibility index (Phi) is 25.7. The molecule has 2 unspecified atom stereocenters. The van der Waals surface area contributed by atoms with Crippen LogP contribution in [-0.2, 0) is 4.79 Å². The second kappa shape index (κ2) is 26.9. The van der Waals surface area contributed by atoms with Crippen molar-refractivity contribution < 1.29 is 15.0 Å². The van der Waals surface area contributed by atoms with Crippen LogP contribution in [0.1, 0.15) is 123 Å². The molecule has 1 amide bonds. The van der Waals surface area contributed by atoms with Gasteiger partial charge in [-0.05, 0) is 51.4 Å². The van der Waals surface area contributed by atoms with Gasteiger partial charge in [-0.3, -0.25) is 4.79 Å². The van der Waals surface area contributed by atoms with E-state index in [1.807, 2.05) is 0 Å². The molecule has 0 spiro atoms. The molecule has 35 heavy (non-hydrogen) atoms. The molecular formula is C31H55NO3. The molecule has 0 fully saturated rings. The Morgan fingerprint density at radius 1 is 0.714 bits per heavy atom. The molecule has 202 valence electrons. The van der Waals surface area contributed by atoms with E-state index in [0.717, 1.165) is 57.8 Å². The molecule has 4 nitrogen and oxygen atoms in total. The zero-order valence-electron chi connectivity index (χ0n) is 22.8. The second-order valence-electron chi connectivity index (χ2n) is 9.43. The average Bonchev–Trinajstić information content (AvgIpc) is 2.86. The molecule has 0 bridgehead atoms. The first-order valence-electron chi connectivity index (χ1n) is 14.3. The second-order valence-corrected chi connectivity index (χ2v) is 9.43. The van der Waals surface area contributed by atoms with E-state index in [1.54, 1.807) is 0 Å². The zero-order chi connectivity index (χ0) is 25.8. The van der Waals surface area contributed by atoms with Crippen LogP contribution in [-0.4, -0.2) is 34.9 Å². The lowest BCUT2D eigenvalue weighted by Crippen LogP contribution is -2.45. The quantitative estimate of drug-likeness (QED) is 0.0960. The van der Waals surface area contributed by atoms with Gasteiger partial charge in [0.1, 0.15) is 0 Å². The summed E-state index contributed by atoms with van der Waals surface area (Å²) in [6, 6.07) is -0.554. The molecule has 0 rings (SSSR count). The Morgan fingerprint density at radius 3 is 1.83 bits per heavy atom. The van der Waals surface area contributed by atoms with Gasteiger partial charge in [-0.2, -0.15) is 0 Å². The van der Waals surface area contributed by atoms with Crippen LogP contribution >= 0.6 is 0 Å². The minimum atomic E-state index is -0.673. The maximum Gasteiger partial charge on any atom is 0.220 e. The number of carbonyl (C=O) groups excluding carboxylic acids is 1. The molecule has 3 N–H and O–H groups in total. The smallest absolute Gasteiger partial charge is 0.220 e. The van der Waals surface area contributed by atoms with Gasteiger partial charge in [0, 0.05) is 6.42 Å². The van der Waals surface area contributed by atoms with Crippen molar-refractivity contribution in [3.8, 4) is 0 Å². The predicted molar refractivity (Wildman–Crippen MR) is 151 cm³/mol. The van der Waals surface area contributed by atoms with E-state index in [9.17, 15) is 15.0 Å². The van der Waals surface area contributed by atoms with Crippen LogP contribution in [0.2, 0.25) is 0 Å². The molecule has 0 aliphatic rings. The lowest BCUT2D eigenvalue weighted by Gasteiger charge is -2.22. The van der Waals surface area contributed by atoms with Crippen molar-refractivity contribution in [2.24, 2.45) is 0 Å². The number of aliphatic hydroxyl groups is 2. The first-order chi connectivity index (χ1) is 17.2. The van der Waals surface area contributed by atoms with E-state index in [4.69, 9.17) is 0 Å². The van der Waals surface area contributed by atoms with Gasteiger partial charge in [-0.1, -0.05) is 114 Å². The molecule has 0 heterocycles. The summed E-state index contributed by atoms with van der Waals surface area (Å²) in [6.07, 6.45) is 34.4. The van der Waals surface area contributed by atoms with Gasteiger partial charge >= 0.3 is 0 Å². The maximum atomic E-state index is 12.2. The summed E-state index contributed by atoms with van der Waals surface area (Å²) in [5, 5.41) is 22.7. The fraction of sp³-hybridized carbons (Fsp3) is 0.710. The van der Waals surface area contributed by atoms with Gasteiger partial charge in [0.2, 0.25) is 5.91 Å². The monoisotopic (exact) mass is 489 g/mol.